The molecule has 0 bridgehead atoms. The number of carbonyl (C=O) groups excluding carboxylic acids is 1. The van der Waals surface area contributed by atoms with Crippen LogP contribution in [0.25, 0.3) is 0 Å². The molecule has 3 rings (SSSR count). The highest BCUT2D eigenvalue weighted by atomic mass is 16.2. The average molecular weight is 315 g/mol. The Hall–Kier alpha value is -1.39. The first-order valence-corrected chi connectivity index (χ1v) is 9.11. The van der Waals surface area contributed by atoms with Gasteiger partial charge < -0.3 is 15.1 Å². The summed E-state index contributed by atoms with van der Waals surface area (Å²) in [6.07, 6.45) is 5.76. The van der Waals surface area contributed by atoms with Gasteiger partial charge in [0.25, 0.3) is 0 Å². The summed E-state index contributed by atoms with van der Waals surface area (Å²) in [4.78, 5) is 17.0. The molecule has 23 heavy (non-hydrogen) atoms. The van der Waals surface area contributed by atoms with E-state index in [2.05, 4.69) is 39.4 Å². The summed E-state index contributed by atoms with van der Waals surface area (Å²) in [5.41, 5.74) is 1.28. The van der Waals surface area contributed by atoms with E-state index in [4.69, 9.17) is 0 Å². The number of nitrogens with zero attached hydrogens (tertiary/aromatic N) is 2. The summed E-state index contributed by atoms with van der Waals surface area (Å²) >= 11 is 0. The Morgan fingerprint density at radius 1 is 1.04 bits per heavy atom. The number of piperidine rings is 1. The first kappa shape index (κ1) is 16.5. The molecule has 1 amide bonds. The van der Waals surface area contributed by atoms with Crippen molar-refractivity contribution in [3.8, 4) is 0 Å². The van der Waals surface area contributed by atoms with Gasteiger partial charge in [0, 0.05) is 32.1 Å². The van der Waals surface area contributed by atoms with Gasteiger partial charge in [-0.05, 0) is 44.5 Å². The first-order chi connectivity index (χ1) is 11.3. The van der Waals surface area contributed by atoms with Crippen LogP contribution in [0.15, 0.2) is 30.3 Å². The number of benzene rings is 1. The van der Waals surface area contributed by atoms with Crippen LogP contribution in [0, 0.1) is 0 Å². The highest BCUT2D eigenvalue weighted by Gasteiger charge is 2.23. The quantitative estimate of drug-likeness (QED) is 0.906. The molecule has 1 atom stereocenters. The SMILES string of the molecule is O=C1CCN[C@H](c2ccccc2)CN1CCCN1CCCCC1. The molecule has 4 heteroatoms. The zero-order valence-electron chi connectivity index (χ0n) is 14.0. The smallest absolute Gasteiger partial charge is 0.223 e. The second-order valence-electron chi connectivity index (χ2n) is 6.76. The van der Waals surface area contributed by atoms with E-state index in [0.29, 0.717) is 12.3 Å². The van der Waals surface area contributed by atoms with Crippen molar-refractivity contribution in [3.63, 3.8) is 0 Å². The monoisotopic (exact) mass is 315 g/mol. The van der Waals surface area contributed by atoms with Crippen LogP contribution >= 0.6 is 0 Å². The highest BCUT2D eigenvalue weighted by Crippen LogP contribution is 2.18. The fourth-order valence-corrected chi connectivity index (χ4v) is 3.69. The fourth-order valence-electron chi connectivity index (χ4n) is 3.69. The summed E-state index contributed by atoms with van der Waals surface area (Å²) in [5, 5.41) is 3.53. The number of nitrogens with one attached hydrogen (secondary N) is 1. The van der Waals surface area contributed by atoms with Crippen molar-refractivity contribution in [2.24, 2.45) is 0 Å². The molecular weight excluding hydrogens is 286 g/mol. The Balaban J connectivity index is 1.52. The van der Waals surface area contributed by atoms with Crippen molar-refractivity contribution in [2.75, 3.05) is 39.3 Å². The maximum Gasteiger partial charge on any atom is 0.223 e. The summed E-state index contributed by atoms with van der Waals surface area (Å²) in [5.74, 6) is 0.301. The summed E-state index contributed by atoms with van der Waals surface area (Å²) < 4.78 is 0. The minimum atomic E-state index is 0.262. The number of hydrogen-bond donors (Lipinski definition) is 1. The third kappa shape index (κ3) is 4.79. The van der Waals surface area contributed by atoms with Crippen LogP contribution in [0.4, 0.5) is 0 Å². The number of hydrogen-bond acceptors (Lipinski definition) is 3. The van der Waals surface area contributed by atoms with Crippen molar-refractivity contribution in [3.05, 3.63) is 35.9 Å². The minimum Gasteiger partial charge on any atom is -0.341 e. The minimum absolute atomic E-state index is 0.262. The van der Waals surface area contributed by atoms with Gasteiger partial charge >= 0.3 is 0 Å². The number of carbonyl (C=O) groups is 1. The van der Waals surface area contributed by atoms with Crippen LogP contribution in [0.5, 0.6) is 0 Å². The Bertz CT molecular complexity index is 485. The molecule has 0 aromatic heterocycles. The number of rotatable bonds is 5. The van der Waals surface area contributed by atoms with Gasteiger partial charge in [-0.3, -0.25) is 4.79 Å². The molecule has 2 aliphatic heterocycles. The van der Waals surface area contributed by atoms with Gasteiger partial charge in [-0.1, -0.05) is 36.8 Å². The summed E-state index contributed by atoms with van der Waals surface area (Å²) in [6.45, 7) is 6.07. The van der Waals surface area contributed by atoms with E-state index < -0.39 is 0 Å². The first-order valence-electron chi connectivity index (χ1n) is 9.11. The molecule has 1 aromatic rings. The van der Waals surface area contributed by atoms with E-state index in [1.807, 2.05) is 6.07 Å². The normalized spacial score (nSPS) is 23.7. The van der Waals surface area contributed by atoms with Crippen molar-refractivity contribution in [2.45, 2.75) is 38.1 Å². The van der Waals surface area contributed by atoms with Gasteiger partial charge in [-0.15, -0.1) is 0 Å². The lowest BCUT2D eigenvalue weighted by Gasteiger charge is -2.29. The zero-order chi connectivity index (χ0) is 15.9. The molecule has 1 aromatic carbocycles. The molecule has 0 unspecified atom stereocenters. The van der Waals surface area contributed by atoms with Gasteiger partial charge in [0.15, 0.2) is 0 Å². The number of likely N-dealkylation sites (tertiary alicyclic amines) is 1. The average Bonchev–Trinajstić information content (AvgIpc) is 2.79. The van der Waals surface area contributed by atoms with Gasteiger partial charge in [-0.25, -0.2) is 0 Å². The lowest BCUT2D eigenvalue weighted by Crippen LogP contribution is -2.37. The van der Waals surface area contributed by atoms with E-state index in [1.165, 1.54) is 37.9 Å². The Morgan fingerprint density at radius 2 is 1.83 bits per heavy atom. The molecule has 0 saturated carbocycles. The predicted octanol–water partition coefficient (Wildman–Crippen LogP) is 2.43. The Labute approximate surface area is 139 Å². The lowest BCUT2D eigenvalue weighted by atomic mass is 10.1. The third-order valence-electron chi connectivity index (χ3n) is 5.04. The van der Waals surface area contributed by atoms with Gasteiger partial charge in [0.1, 0.15) is 0 Å². The van der Waals surface area contributed by atoms with Crippen LogP contribution < -0.4 is 5.32 Å². The van der Waals surface area contributed by atoms with E-state index in [1.54, 1.807) is 0 Å². The van der Waals surface area contributed by atoms with E-state index in [0.717, 1.165) is 32.6 Å². The largest absolute Gasteiger partial charge is 0.341 e. The number of amides is 1. The Kier molecular flexibility index (Phi) is 6.06. The molecule has 2 heterocycles. The molecular formula is C19H29N3O. The molecule has 2 aliphatic rings. The third-order valence-corrected chi connectivity index (χ3v) is 5.04. The lowest BCUT2D eigenvalue weighted by molar-refractivity contribution is -0.130. The molecule has 126 valence electrons. The van der Waals surface area contributed by atoms with Crippen LogP contribution in [0.3, 0.4) is 0 Å². The predicted molar refractivity (Wildman–Crippen MR) is 93.3 cm³/mol. The van der Waals surface area contributed by atoms with Crippen molar-refractivity contribution < 1.29 is 4.79 Å². The zero-order valence-corrected chi connectivity index (χ0v) is 14.0. The van der Waals surface area contributed by atoms with Crippen LogP contribution in [0.1, 0.15) is 43.7 Å². The highest BCUT2D eigenvalue weighted by molar-refractivity contribution is 5.76. The molecule has 1 N–H and O–H groups in total. The van der Waals surface area contributed by atoms with Crippen LogP contribution in [-0.2, 0) is 4.79 Å². The van der Waals surface area contributed by atoms with E-state index in [-0.39, 0.29) is 6.04 Å². The standard InChI is InChI=1S/C19H29N3O/c23-19-10-11-20-18(17-8-3-1-4-9-17)16-22(19)15-7-14-21-12-5-2-6-13-21/h1,3-4,8-9,18,20H,2,5-7,10-16H2/t18-/m0/s1. The fraction of sp³-hybridized carbons (Fsp3) is 0.632. The Morgan fingerprint density at radius 3 is 2.61 bits per heavy atom. The van der Waals surface area contributed by atoms with E-state index in [9.17, 15) is 4.79 Å². The van der Waals surface area contributed by atoms with Gasteiger partial charge in [-0.2, -0.15) is 0 Å². The summed E-state index contributed by atoms with van der Waals surface area (Å²) in [7, 11) is 0. The second-order valence-corrected chi connectivity index (χ2v) is 6.76. The maximum absolute atomic E-state index is 12.3. The molecule has 0 spiro atoms. The second kappa shape index (κ2) is 8.46. The van der Waals surface area contributed by atoms with Crippen LogP contribution in [0.2, 0.25) is 0 Å². The molecule has 0 aliphatic carbocycles. The van der Waals surface area contributed by atoms with Gasteiger partial charge in [0.2, 0.25) is 5.91 Å². The topological polar surface area (TPSA) is 35.6 Å². The van der Waals surface area contributed by atoms with E-state index >= 15 is 0 Å². The maximum atomic E-state index is 12.3. The molecule has 0 radical (unpaired) electrons. The van der Waals surface area contributed by atoms with Crippen molar-refractivity contribution >= 4 is 5.91 Å². The summed E-state index contributed by atoms with van der Waals surface area (Å²) in [6, 6.07) is 10.8. The van der Waals surface area contributed by atoms with Crippen molar-refractivity contribution in [1.29, 1.82) is 0 Å². The molecule has 2 fully saturated rings. The van der Waals surface area contributed by atoms with Gasteiger partial charge in [0.05, 0.1) is 0 Å². The molecule has 4 nitrogen and oxygen atoms in total. The van der Waals surface area contributed by atoms with Crippen LogP contribution in [-0.4, -0.2) is 55.0 Å². The molecule has 2 saturated heterocycles. The van der Waals surface area contributed by atoms with Crippen molar-refractivity contribution in [1.82, 2.24) is 15.1 Å².